The van der Waals surface area contributed by atoms with Gasteiger partial charge in [0.2, 0.25) is 10.0 Å². The largest absolute Gasteiger partial charge is 0.481 e. The summed E-state index contributed by atoms with van der Waals surface area (Å²) in [5, 5.41) is 31.2. The molecule has 192 valence electrons. The van der Waals surface area contributed by atoms with Crippen molar-refractivity contribution in [3.05, 3.63) is 30.3 Å². The molecule has 2 amide bonds. The normalized spacial score (nSPS) is 12.4. The quantitative estimate of drug-likeness (QED) is 0.192. The summed E-state index contributed by atoms with van der Waals surface area (Å²) < 4.78 is 26.7. The van der Waals surface area contributed by atoms with Crippen LogP contribution in [0.15, 0.2) is 35.2 Å². The first-order valence-electron chi connectivity index (χ1n) is 10.8. The zero-order valence-electron chi connectivity index (χ0n) is 19.2. The molecule has 1 aromatic carbocycles. The molecule has 34 heavy (non-hydrogen) atoms. The van der Waals surface area contributed by atoms with Gasteiger partial charge in [0.05, 0.1) is 11.3 Å². The minimum Gasteiger partial charge on any atom is -0.481 e. The summed E-state index contributed by atoms with van der Waals surface area (Å²) >= 11 is 0. The van der Waals surface area contributed by atoms with Gasteiger partial charge in [0.25, 0.3) is 0 Å². The van der Waals surface area contributed by atoms with E-state index in [1.807, 2.05) is 13.8 Å². The van der Waals surface area contributed by atoms with Crippen LogP contribution in [0.5, 0.6) is 0 Å². The van der Waals surface area contributed by atoms with Gasteiger partial charge in [-0.2, -0.15) is 0 Å². The van der Waals surface area contributed by atoms with Crippen LogP contribution >= 0.6 is 0 Å². The fourth-order valence-corrected chi connectivity index (χ4v) is 3.85. The van der Waals surface area contributed by atoms with Crippen molar-refractivity contribution in [2.75, 3.05) is 6.54 Å². The average Bonchev–Trinajstić information content (AvgIpc) is 2.77. The van der Waals surface area contributed by atoms with E-state index in [0.29, 0.717) is 12.8 Å². The monoisotopic (exact) mass is 503 g/mol. The Morgan fingerprint density at radius 2 is 1.50 bits per heavy atom. The summed E-state index contributed by atoms with van der Waals surface area (Å²) in [7, 11) is -3.65. The van der Waals surface area contributed by atoms with E-state index in [2.05, 4.69) is 15.4 Å². The van der Waals surface area contributed by atoms with E-state index >= 15 is 0 Å². The van der Waals surface area contributed by atoms with Crippen molar-refractivity contribution in [2.45, 2.75) is 69.4 Å². The van der Waals surface area contributed by atoms with E-state index in [9.17, 15) is 27.6 Å². The Kier molecular flexibility index (Phi) is 14.9. The number of carbonyl (C=O) groups excluding carboxylic acids is 1. The van der Waals surface area contributed by atoms with Crippen molar-refractivity contribution in [2.24, 2.45) is 0 Å². The minimum atomic E-state index is -3.65. The zero-order chi connectivity index (χ0) is 26.1. The predicted octanol–water partition coefficient (Wildman–Crippen LogP) is 1.62. The number of carboxylic acid groups (broad SMARTS) is 3. The molecular weight excluding hydrogens is 470 g/mol. The van der Waals surface area contributed by atoms with Gasteiger partial charge in [-0.1, -0.05) is 38.5 Å². The minimum absolute atomic E-state index is 0.111. The van der Waals surface area contributed by atoms with Crippen LogP contribution in [0.25, 0.3) is 0 Å². The average molecular weight is 504 g/mol. The zero-order valence-corrected chi connectivity index (χ0v) is 20.0. The van der Waals surface area contributed by atoms with Crippen LogP contribution in [0, 0.1) is 0 Å². The number of unbranched alkanes of at least 4 members (excludes halogenated alkanes) is 1. The van der Waals surface area contributed by atoms with Gasteiger partial charge in [-0.3, -0.25) is 9.59 Å². The first-order chi connectivity index (χ1) is 16.0. The van der Waals surface area contributed by atoms with Gasteiger partial charge >= 0.3 is 23.9 Å². The molecule has 1 rings (SSSR count). The summed E-state index contributed by atoms with van der Waals surface area (Å²) in [5.74, 6) is -3.81. The van der Waals surface area contributed by atoms with E-state index in [0.717, 1.165) is 0 Å². The maximum Gasteiger partial charge on any atom is 0.326 e. The lowest BCUT2D eigenvalue weighted by molar-refractivity contribution is -0.141. The Labute approximate surface area is 198 Å². The van der Waals surface area contributed by atoms with Crippen LogP contribution in [0.4, 0.5) is 4.79 Å². The molecule has 0 bridgehead atoms. The van der Waals surface area contributed by atoms with Gasteiger partial charge in [-0.15, -0.1) is 0 Å². The number of benzene rings is 1. The fraction of sp³-hybridized carbons (Fsp3) is 0.524. The van der Waals surface area contributed by atoms with Crippen molar-refractivity contribution in [3.8, 4) is 0 Å². The SMILES string of the molecule is CC.O=C(O)CCC(NC(=O)NC(CCCCNS(=O)(=O)c1ccccc1)CC(=O)O)C(=O)O. The number of sulfonamides is 1. The third-order valence-corrected chi connectivity index (χ3v) is 5.81. The molecule has 0 aliphatic heterocycles. The Bertz CT molecular complexity index is 892. The van der Waals surface area contributed by atoms with Crippen LogP contribution in [-0.2, 0) is 24.4 Å². The molecule has 0 radical (unpaired) electrons. The Morgan fingerprint density at radius 3 is 2.03 bits per heavy atom. The molecule has 0 aliphatic carbocycles. The maximum absolute atomic E-state index is 12.1. The van der Waals surface area contributed by atoms with Crippen molar-refractivity contribution in [1.29, 1.82) is 0 Å². The number of carbonyl (C=O) groups is 4. The van der Waals surface area contributed by atoms with Crippen molar-refractivity contribution < 1.29 is 42.9 Å². The lowest BCUT2D eigenvalue weighted by Crippen LogP contribution is -2.49. The first-order valence-corrected chi connectivity index (χ1v) is 12.3. The highest BCUT2D eigenvalue weighted by atomic mass is 32.2. The van der Waals surface area contributed by atoms with Gasteiger partial charge in [0.15, 0.2) is 0 Å². The van der Waals surface area contributed by atoms with Gasteiger partial charge < -0.3 is 26.0 Å². The number of aliphatic carboxylic acids is 3. The molecule has 0 aliphatic rings. The Hall–Kier alpha value is -3.19. The van der Waals surface area contributed by atoms with E-state index in [1.54, 1.807) is 18.2 Å². The topological polar surface area (TPSA) is 199 Å². The number of urea groups is 1. The molecular formula is C21H33N3O9S. The van der Waals surface area contributed by atoms with E-state index in [-0.39, 0.29) is 24.3 Å². The molecule has 1 aromatic rings. The summed E-state index contributed by atoms with van der Waals surface area (Å²) in [6.45, 7) is 4.11. The molecule has 0 spiro atoms. The highest BCUT2D eigenvalue weighted by Gasteiger charge is 2.23. The molecule has 6 N–H and O–H groups in total. The van der Waals surface area contributed by atoms with Gasteiger partial charge in [-0.05, 0) is 31.4 Å². The second-order valence-corrected chi connectivity index (χ2v) is 8.71. The van der Waals surface area contributed by atoms with Crippen LogP contribution in [0.3, 0.4) is 0 Å². The Balaban J connectivity index is 0.00000529. The number of carboxylic acids is 3. The summed E-state index contributed by atoms with van der Waals surface area (Å²) in [6.07, 6.45) is -0.244. The molecule has 0 saturated carbocycles. The van der Waals surface area contributed by atoms with Crippen LogP contribution in [0.1, 0.15) is 52.4 Å². The smallest absolute Gasteiger partial charge is 0.326 e. The van der Waals surface area contributed by atoms with Crippen LogP contribution < -0.4 is 15.4 Å². The van der Waals surface area contributed by atoms with E-state index in [4.69, 9.17) is 15.3 Å². The molecule has 13 heteroatoms. The number of hydrogen-bond acceptors (Lipinski definition) is 6. The molecule has 0 fully saturated rings. The van der Waals surface area contributed by atoms with Gasteiger partial charge in [-0.25, -0.2) is 22.7 Å². The Morgan fingerprint density at radius 1 is 0.882 bits per heavy atom. The second-order valence-electron chi connectivity index (χ2n) is 6.94. The number of rotatable bonds is 15. The number of hydrogen-bond donors (Lipinski definition) is 6. The lowest BCUT2D eigenvalue weighted by atomic mass is 10.1. The van der Waals surface area contributed by atoms with Crippen LogP contribution in [0.2, 0.25) is 0 Å². The molecule has 0 aromatic heterocycles. The van der Waals surface area contributed by atoms with Gasteiger partial charge in [0, 0.05) is 19.0 Å². The second kappa shape index (κ2) is 16.4. The molecule has 12 nitrogen and oxygen atoms in total. The molecule has 2 unspecified atom stereocenters. The summed E-state index contributed by atoms with van der Waals surface area (Å²) in [5.41, 5.74) is 0. The number of amides is 2. The highest BCUT2D eigenvalue weighted by molar-refractivity contribution is 7.89. The highest BCUT2D eigenvalue weighted by Crippen LogP contribution is 2.09. The van der Waals surface area contributed by atoms with Gasteiger partial charge in [0.1, 0.15) is 6.04 Å². The third-order valence-electron chi connectivity index (χ3n) is 4.33. The molecule has 0 heterocycles. The predicted molar refractivity (Wildman–Crippen MR) is 123 cm³/mol. The third kappa shape index (κ3) is 13.4. The van der Waals surface area contributed by atoms with Crippen molar-refractivity contribution in [1.82, 2.24) is 15.4 Å². The lowest BCUT2D eigenvalue weighted by Gasteiger charge is -2.20. The van der Waals surface area contributed by atoms with E-state index in [1.165, 1.54) is 12.1 Å². The number of nitrogens with one attached hydrogen (secondary N) is 3. The standard InChI is InChI=1S/C19H27N3O9S.C2H6/c23-16(24)10-9-15(18(27)28)22-19(29)21-13(12-17(25)26)6-4-5-11-20-32(30,31)14-7-2-1-3-8-14;1-2/h1-3,7-8,13,15,20H,4-6,9-12H2,(H,23,24)(H,25,26)(H,27,28)(H2,21,22,29);1-2H3. The van der Waals surface area contributed by atoms with Crippen molar-refractivity contribution in [3.63, 3.8) is 0 Å². The maximum atomic E-state index is 12.1. The van der Waals surface area contributed by atoms with E-state index < -0.39 is 58.9 Å². The first kappa shape index (κ1) is 30.8. The molecule has 0 saturated heterocycles. The summed E-state index contributed by atoms with van der Waals surface area (Å²) in [4.78, 5) is 45.0. The fourth-order valence-electron chi connectivity index (χ4n) is 2.75. The molecule has 2 atom stereocenters. The van der Waals surface area contributed by atoms with Crippen molar-refractivity contribution >= 4 is 34.0 Å². The summed E-state index contributed by atoms with van der Waals surface area (Å²) in [6, 6.07) is 4.59. The van der Waals surface area contributed by atoms with Crippen LogP contribution in [-0.4, -0.2) is 66.3 Å².